The maximum absolute atomic E-state index is 12.3. The average molecular weight is 384 g/mol. The third-order valence-corrected chi connectivity index (χ3v) is 5.77. The van der Waals surface area contributed by atoms with Crippen molar-refractivity contribution in [2.75, 3.05) is 25.0 Å². The first-order chi connectivity index (χ1) is 13.5. The topological polar surface area (TPSA) is 79.6 Å². The molecule has 0 bridgehead atoms. The molecule has 1 amide bonds. The molecule has 2 saturated heterocycles. The summed E-state index contributed by atoms with van der Waals surface area (Å²) in [6.45, 7) is 1.91. The fourth-order valence-corrected chi connectivity index (χ4v) is 4.34. The molecule has 1 aromatic heterocycles. The van der Waals surface area contributed by atoms with Gasteiger partial charge in [0.2, 0.25) is 5.91 Å². The van der Waals surface area contributed by atoms with E-state index in [0.29, 0.717) is 25.2 Å². The maximum atomic E-state index is 12.3. The van der Waals surface area contributed by atoms with E-state index < -0.39 is 0 Å². The maximum Gasteiger partial charge on any atom is 0.239 e. The second-order valence-corrected chi connectivity index (χ2v) is 7.99. The highest BCUT2D eigenvalue weighted by atomic mass is 16.5. The van der Waals surface area contributed by atoms with Crippen LogP contribution in [0.2, 0.25) is 0 Å². The number of aryl methyl sites for hydroxylation is 1. The van der Waals surface area contributed by atoms with Crippen LogP contribution in [0.15, 0.2) is 42.6 Å². The number of ether oxygens (including phenoxy) is 1. The molecule has 1 aromatic carbocycles. The van der Waals surface area contributed by atoms with Crippen molar-refractivity contribution >= 4 is 11.7 Å². The van der Waals surface area contributed by atoms with Gasteiger partial charge in [0.25, 0.3) is 0 Å². The molecule has 4 rings (SSSR count). The third-order valence-electron chi connectivity index (χ3n) is 5.77. The van der Waals surface area contributed by atoms with Crippen LogP contribution in [0.5, 0.6) is 0 Å². The lowest BCUT2D eigenvalue weighted by molar-refractivity contribution is -0.184. The highest BCUT2D eigenvalue weighted by molar-refractivity contribution is 5.91. The lowest BCUT2D eigenvalue weighted by atomic mass is 9.81. The summed E-state index contributed by atoms with van der Waals surface area (Å²) in [5, 5.41) is 17.5. The number of carbonyl (C=O) groups is 1. The minimum atomic E-state index is -0.349. The van der Waals surface area contributed by atoms with Crippen LogP contribution in [0, 0.1) is 0 Å². The molecule has 150 valence electrons. The molecular formula is C21H28N4O3. The van der Waals surface area contributed by atoms with Crippen molar-refractivity contribution in [3.63, 3.8) is 0 Å². The van der Waals surface area contributed by atoms with Crippen LogP contribution >= 0.6 is 0 Å². The predicted molar refractivity (Wildman–Crippen MR) is 106 cm³/mol. The van der Waals surface area contributed by atoms with Crippen LogP contribution in [0.3, 0.4) is 0 Å². The van der Waals surface area contributed by atoms with Crippen LogP contribution in [0.4, 0.5) is 5.82 Å². The molecule has 0 aliphatic carbocycles. The van der Waals surface area contributed by atoms with E-state index in [4.69, 9.17) is 4.74 Å². The fourth-order valence-electron chi connectivity index (χ4n) is 4.34. The Hall–Kier alpha value is -2.22. The van der Waals surface area contributed by atoms with Crippen molar-refractivity contribution in [2.45, 2.75) is 43.5 Å². The Morgan fingerprint density at radius 2 is 2.04 bits per heavy atom. The molecule has 2 N–H and O–H groups in total. The van der Waals surface area contributed by atoms with Crippen molar-refractivity contribution in [1.29, 1.82) is 0 Å². The number of piperidine rings is 1. The third kappa shape index (κ3) is 4.43. The molecule has 2 aliphatic rings. The number of likely N-dealkylation sites (tertiary alicyclic amines) is 1. The van der Waals surface area contributed by atoms with Gasteiger partial charge in [0, 0.05) is 45.2 Å². The monoisotopic (exact) mass is 384 g/mol. The number of nitrogens with one attached hydrogen (secondary N) is 1. The van der Waals surface area contributed by atoms with Gasteiger partial charge in [-0.3, -0.25) is 14.4 Å². The Bertz CT molecular complexity index is 799. The smallest absolute Gasteiger partial charge is 0.239 e. The van der Waals surface area contributed by atoms with E-state index in [1.165, 1.54) is 0 Å². The first-order valence-electron chi connectivity index (χ1n) is 9.94. The Labute approximate surface area is 165 Å². The van der Waals surface area contributed by atoms with Crippen LogP contribution in [0.1, 0.15) is 37.4 Å². The lowest BCUT2D eigenvalue weighted by Crippen LogP contribution is -2.52. The Morgan fingerprint density at radius 3 is 2.71 bits per heavy atom. The van der Waals surface area contributed by atoms with Gasteiger partial charge < -0.3 is 15.2 Å². The Kier molecular flexibility index (Phi) is 5.48. The molecule has 7 heteroatoms. The molecule has 0 unspecified atom stereocenters. The Morgan fingerprint density at radius 1 is 1.29 bits per heavy atom. The number of hydrogen-bond donors (Lipinski definition) is 2. The van der Waals surface area contributed by atoms with Crippen LogP contribution in [-0.4, -0.2) is 57.0 Å². The second kappa shape index (κ2) is 8.03. The van der Waals surface area contributed by atoms with E-state index in [-0.39, 0.29) is 23.7 Å². The molecule has 2 aromatic rings. The highest BCUT2D eigenvalue weighted by Crippen LogP contribution is 2.42. The quantitative estimate of drug-likeness (QED) is 0.844. The second-order valence-electron chi connectivity index (χ2n) is 7.99. The highest BCUT2D eigenvalue weighted by Gasteiger charge is 2.43. The first kappa shape index (κ1) is 19.1. The van der Waals surface area contributed by atoms with Gasteiger partial charge in [0.1, 0.15) is 0 Å². The normalized spacial score (nSPS) is 24.9. The average Bonchev–Trinajstić information content (AvgIpc) is 3.08. The van der Waals surface area contributed by atoms with E-state index in [2.05, 4.69) is 27.4 Å². The summed E-state index contributed by atoms with van der Waals surface area (Å²) in [4.78, 5) is 14.4. The number of hydrogen-bond acceptors (Lipinski definition) is 5. The minimum Gasteiger partial charge on any atom is -0.393 e. The van der Waals surface area contributed by atoms with Crippen molar-refractivity contribution in [1.82, 2.24) is 14.7 Å². The zero-order valence-electron chi connectivity index (χ0n) is 16.3. The van der Waals surface area contributed by atoms with E-state index in [0.717, 1.165) is 31.5 Å². The summed E-state index contributed by atoms with van der Waals surface area (Å²) in [5.74, 6) is 0.520. The van der Waals surface area contributed by atoms with Crippen LogP contribution in [-0.2, 0) is 16.6 Å². The lowest BCUT2D eigenvalue weighted by Gasteiger charge is -2.48. The molecule has 28 heavy (non-hydrogen) atoms. The van der Waals surface area contributed by atoms with Gasteiger partial charge in [-0.1, -0.05) is 30.3 Å². The molecular weight excluding hydrogens is 356 g/mol. The zero-order valence-corrected chi connectivity index (χ0v) is 16.3. The summed E-state index contributed by atoms with van der Waals surface area (Å²) in [6, 6.07) is 11.9. The van der Waals surface area contributed by atoms with E-state index >= 15 is 0 Å². The van der Waals surface area contributed by atoms with E-state index in [1.807, 2.05) is 25.2 Å². The molecule has 1 spiro atoms. The molecule has 2 fully saturated rings. The summed E-state index contributed by atoms with van der Waals surface area (Å²) in [6.07, 6.45) is 4.34. The molecule has 0 radical (unpaired) electrons. The Balaban J connectivity index is 1.32. The molecule has 2 atom stereocenters. The standard InChI is InChI=1S/C21H28N4O3/c1-24-10-7-19(23-24)22-20(27)15-25-11-8-21(9-12-25)14-17(26)13-18(28-21)16-5-3-2-4-6-16/h2-7,10,17-18,26H,8-9,11-15H2,1H3,(H,22,23,27)/t17-,18-/m1/s1. The summed E-state index contributed by atoms with van der Waals surface area (Å²) in [7, 11) is 1.82. The number of aliphatic hydroxyl groups excluding tert-OH is 1. The van der Waals surface area contributed by atoms with Gasteiger partial charge in [-0.25, -0.2) is 0 Å². The van der Waals surface area contributed by atoms with Crippen molar-refractivity contribution in [2.24, 2.45) is 7.05 Å². The van der Waals surface area contributed by atoms with Crippen LogP contribution in [0.25, 0.3) is 0 Å². The van der Waals surface area contributed by atoms with Gasteiger partial charge in [0.05, 0.1) is 24.4 Å². The molecule has 7 nitrogen and oxygen atoms in total. The van der Waals surface area contributed by atoms with Gasteiger partial charge in [-0.15, -0.1) is 0 Å². The van der Waals surface area contributed by atoms with Crippen molar-refractivity contribution < 1.29 is 14.6 Å². The van der Waals surface area contributed by atoms with Crippen molar-refractivity contribution in [3.8, 4) is 0 Å². The number of benzene rings is 1. The number of nitrogens with zero attached hydrogens (tertiary/aromatic N) is 3. The number of aliphatic hydroxyl groups is 1. The largest absolute Gasteiger partial charge is 0.393 e. The number of aromatic nitrogens is 2. The molecule has 3 heterocycles. The predicted octanol–water partition coefficient (Wildman–Crippen LogP) is 2.11. The molecule has 2 aliphatic heterocycles. The number of rotatable bonds is 4. The number of carbonyl (C=O) groups excluding carboxylic acids is 1. The minimum absolute atomic E-state index is 0.0543. The van der Waals surface area contributed by atoms with E-state index in [9.17, 15) is 9.90 Å². The van der Waals surface area contributed by atoms with Gasteiger partial charge in [-0.05, 0) is 18.4 Å². The van der Waals surface area contributed by atoms with Crippen molar-refractivity contribution in [3.05, 3.63) is 48.2 Å². The number of anilines is 1. The van der Waals surface area contributed by atoms with Gasteiger partial charge in [0.15, 0.2) is 5.82 Å². The summed E-state index contributed by atoms with van der Waals surface area (Å²) in [5.41, 5.74) is 0.823. The zero-order chi connectivity index (χ0) is 19.6. The van der Waals surface area contributed by atoms with E-state index in [1.54, 1.807) is 16.9 Å². The fraction of sp³-hybridized carbons (Fsp3) is 0.524. The SMILES string of the molecule is Cn1ccc(NC(=O)CN2CCC3(CC2)C[C@H](O)C[C@H](c2ccccc2)O3)n1. The summed E-state index contributed by atoms with van der Waals surface area (Å²) < 4.78 is 8.18. The first-order valence-corrected chi connectivity index (χ1v) is 9.94. The molecule has 0 saturated carbocycles. The number of amides is 1. The summed E-state index contributed by atoms with van der Waals surface area (Å²) >= 11 is 0. The van der Waals surface area contributed by atoms with Crippen LogP contribution < -0.4 is 5.32 Å². The van der Waals surface area contributed by atoms with Gasteiger partial charge >= 0.3 is 0 Å². The van der Waals surface area contributed by atoms with Gasteiger partial charge in [-0.2, -0.15) is 5.10 Å².